The maximum atomic E-state index is 5.88. The Hall–Kier alpha value is -1.26. The lowest BCUT2D eigenvalue weighted by Gasteiger charge is -2.27. The van der Waals surface area contributed by atoms with E-state index in [0.717, 1.165) is 31.0 Å². The summed E-state index contributed by atoms with van der Waals surface area (Å²) in [5.41, 5.74) is 8.40. The molecule has 2 unspecified atom stereocenters. The van der Waals surface area contributed by atoms with E-state index in [1.54, 1.807) is 14.2 Å². The first-order chi connectivity index (χ1) is 10.0. The van der Waals surface area contributed by atoms with E-state index in [9.17, 15) is 0 Å². The van der Waals surface area contributed by atoms with Crippen LogP contribution in [0, 0.1) is 5.92 Å². The fourth-order valence-corrected chi connectivity index (χ4v) is 3.51. The summed E-state index contributed by atoms with van der Waals surface area (Å²) < 4.78 is 11.2. The van der Waals surface area contributed by atoms with E-state index in [0.29, 0.717) is 17.9 Å². The summed E-state index contributed by atoms with van der Waals surface area (Å²) in [5.74, 6) is 2.84. The highest BCUT2D eigenvalue weighted by atomic mass is 16.5. The number of ether oxygens (including phenoxy) is 2. The average molecular weight is 292 g/mol. The largest absolute Gasteiger partial charge is 0.496 e. The monoisotopic (exact) mass is 292 g/mol. The van der Waals surface area contributed by atoms with Crippen molar-refractivity contribution in [2.24, 2.45) is 11.7 Å². The summed E-state index contributed by atoms with van der Waals surface area (Å²) in [5, 5.41) is 0. The van der Waals surface area contributed by atoms with Crippen LogP contribution in [0.1, 0.15) is 43.4 Å². The van der Waals surface area contributed by atoms with Gasteiger partial charge >= 0.3 is 0 Å². The summed E-state index contributed by atoms with van der Waals surface area (Å²) in [6.45, 7) is 6.19. The molecule has 4 heteroatoms. The second-order valence-corrected chi connectivity index (χ2v) is 6.24. The highest BCUT2D eigenvalue weighted by Gasteiger charge is 2.34. The van der Waals surface area contributed by atoms with Crippen molar-refractivity contribution in [3.8, 4) is 11.5 Å². The van der Waals surface area contributed by atoms with Gasteiger partial charge in [-0.1, -0.05) is 13.8 Å². The number of benzene rings is 1. The molecule has 0 radical (unpaired) electrons. The maximum Gasteiger partial charge on any atom is 0.124 e. The zero-order valence-corrected chi connectivity index (χ0v) is 13.8. The second kappa shape index (κ2) is 6.67. The summed E-state index contributed by atoms with van der Waals surface area (Å²) in [7, 11) is 5.65. The zero-order chi connectivity index (χ0) is 15.6. The Morgan fingerprint density at radius 2 is 1.86 bits per heavy atom. The van der Waals surface area contributed by atoms with E-state index in [-0.39, 0.29) is 0 Å². The first kappa shape index (κ1) is 16.1. The number of rotatable bonds is 5. The Morgan fingerprint density at radius 3 is 2.33 bits per heavy atom. The van der Waals surface area contributed by atoms with Crippen LogP contribution in [-0.2, 0) is 0 Å². The Morgan fingerprint density at radius 1 is 1.24 bits per heavy atom. The molecule has 1 aromatic rings. The first-order valence-electron chi connectivity index (χ1n) is 7.68. The lowest BCUT2D eigenvalue weighted by molar-refractivity contribution is 0.298. The maximum absolute atomic E-state index is 5.88. The molecular weight excluding hydrogens is 264 g/mol. The van der Waals surface area contributed by atoms with Crippen LogP contribution < -0.4 is 15.2 Å². The predicted octanol–water partition coefficient (Wildman–Crippen LogP) is 2.78. The standard InChI is InChI=1S/C17H28N2O2/c1-11(2)16-14(20-4)6-7-15(21-5)17(16)13-8-12(9-18)10-19(13)3/h6-7,11-13H,8-10,18H2,1-5H3. The first-order valence-corrected chi connectivity index (χ1v) is 7.68. The number of likely N-dealkylation sites (tertiary alicyclic amines) is 1. The summed E-state index contributed by atoms with van der Waals surface area (Å²) in [4.78, 5) is 2.39. The molecule has 1 saturated heterocycles. The van der Waals surface area contributed by atoms with Gasteiger partial charge in [0.1, 0.15) is 11.5 Å². The molecule has 4 nitrogen and oxygen atoms in total. The molecule has 1 aliphatic heterocycles. The molecule has 0 spiro atoms. The van der Waals surface area contributed by atoms with Gasteiger partial charge < -0.3 is 15.2 Å². The van der Waals surface area contributed by atoms with Gasteiger partial charge in [-0.15, -0.1) is 0 Å². The molecule has 0 saturated carbocycles. The highest BCUT2D eigenvalue weighted by molar-refractivity contribution is 5.52. The van der Waals surface area contributed by atoms with Crippen LogP contribution >= 0.6 is 0 Å². The smallest absolute Gasteiger partial charge is 0.124 e. The van der Waals surface area contributed by atoms with E-state index < -0.39 is 0 Å². The van der Waals surface area contributed by atoms with Crippen LogP contribution in [-0.4, -0.2) is 39.3 Å². The fourth-order valence-electron chi connectivity index (χ4n) is 3.51. The Balaban J connectivity index is 2.54. The van der Waals surface area contributed by atoms with Gasteiger partial charge in [0, 0.05) is 23.7 Å². The lowest BCUT2D eigenvalue weighted by atomic mass is 9.88. The van der Waals surface area contributed by atoms with Crippen LogP contribution in [0.4, 0.5) is 0 Å². The molecular formula is C17H28N2O2. The molecule has 1 aromatic carbocycles. The van der Waals surface area contributed by atoms with Crippen molar-refractivity contribution >= 4 is 0 Å². The van der Waals surface area contributed by atoms with Crippen molar-refractivity contribution in [2.75, 3.05) is 34.4 Å². The summed E-state index contributed by atoms with van der Waals surface area (Å²) in [6, 6.07) is 4.37. The van der Waals surface area contributed by atoms with E-state index in [2.05, 4.69) is 25.8 Å². The SMILES string of the molecule is COc1ccc(OC)c(C2CC(CN)CN2C)c1C(C)C. The van der Waals surface area contributed by atoms with Gasteiger partial charge in [-0.25, -0.2) is 0 Å². The molecule has 0 amide bonds. The van der Waals surface area contributed by atoms with E-state index in [4.69, 9.17) is 15.2 Å². The minimum absolute atomic E-state index is 0.348. The minimum atomic E-state index is 0.348. The molecule has 1 fully saturated rings. The molecule has 1 aliphatic rings. The van der Waals surface area contributed by atoms with Crippen molar-refractivity contribution in [3.63, 3.8) is 0 Å². The number of nitrogens with zero attached hydrogens (tertiary/aromatic N) is 1. The highest BCUT2D eigenvalue weighted by Crippen LogP contribution is 2.45. The number of hydrogen-bond donors (Lipinski definition) is 1. The van der Waals surface area contributed by atoms with Crippen LogP contribution in [0.3, 0.4) is 0 Å². The van der Waals surface area contributed by atoms with Crippen molar-refractivity contribution in [2.45, 2.75) is 32.2 Å². The molecule has 2 N–H and O–H groups in total. The Bertz CT molecular complexity index is 488. The molecule has 0 bridgehead atoms. The summed E-state index contributed by atoms with van der Waals surface area (Å²) in [6.07, 6.45) is 1.08. The summed E-state index contributed by atoms with van der Waals surface area (Å²) >= 11 is 0. The number of hydrogen-bond acceptors (Lipinski definition) is 4. The minimum Gasteiger partial charge on any atom is -0.496 e. The predicted molar refractivity (Wildman–Crippen MR) is 86.2 cm³/mol. The third-order valence-corrected chi connectivity index (χ3v) is 4.53. The van der Waals surface area contributed by atoms with Crippen LogP contribution in [0.2, 0.25) is 0 Å². The molecule has 118 valence electrons. The van der Waals surface area contributed by atoms with Gasteiger partial charge in [-0.2, -0.15) is 0 Å². The Labute approximate surface area is 128 Å². The fraction of sp³-hybridized carbons (Fsp3) is 0.647. The van der Waals surface area contributed by atoms with E-state index >= 15 is 0 Å². The average Bonchev–Trinajstić information content (AvgIpc) is 2.86. The third-order valence-electron chi connectivity index (χ3n) is 4.53. The van der Waals surface area contributed by atoms with Gasteiger partial charge in [0.05, 0.1) is 14.2 Å². The van der Waals surface area contributed by atoms with Gasteiger partial charge in [0.15, 0.2) is 0 Å². The molecule has 1 heterocycles. The van der Waals surface area contributed by atoms with Crippen molar-refractivity contribution in [3.05, 3.63) is 23.3 Å². The lowest BCUT2D eigenvalue weighted by Crippen LogP contribution is -2.22. The van der Waals surface area contributed by atoms with Gasteiger partial charge in [-0.05, 0) is 44.0 Å². The second-order valence-electron chi connectivity index (χ2n) is 6.24. The quantitative estimate of drug-likeness (QED) is 0.906. The van der Waals surface area contributed by atoms with Crippen LogP contribution in [0.15, 0.2) is 12.1 Å². The van der Waals surface area contributed by atoms with Crippen LogP contribution in [0.25, 0.3) is 0 Å². The van der Waals surface area contributed by atoms with Crippen molar-refractivity contribution in [1.82, 2.24) is 4.90 Å². The van der Waals surface area contributed by atoms with Gasteiger partial charge in [-0.3, -0.25) is 4.90 Å². The molecule has 0 aromatic heterocycles. The Kier molecular flexibility index (Phi) is 5.12. The van der Waals surface area contributed by atoms with Gasteiger partial charge in [0.25, 0.3) is 0 Å². The zero-order valence-electron chi connectivity index (χ0n) is 13.8. The van der Waals surface area contributed by atoms with Gasteiger partial charge in [0.2, 0.25) is 0 Å². The van der Waals surface area contributed by atoms with E-state index in [1.807, 2.05) is 12.1 Å². The van der Waals surface area contributed by atoms with Crippen molar-refractivity contribution < 1.29 is 9.47 Å². The third kappa shape index (κ3) is 3.01. The normalized spacial score (nSPS) is 22.8. The number of methoxy groups -OCH3 is 2. The van der Waals surface area contributed by atoms with E-state index in [1.165, 1.54) is 11.1 Å². The number of nitrogens with two attached hydrogens (primary N) is 1. The molecule has 0 aliphatic carbocycles. The molecule has 21 heavy (non-hydrogen) atoms. The van der Waals surface area contributed by atoms with Crippen LogP contribution in [0.5, 0.6) is 11.5 Å². The molecule has 2 atom stereocenters. The topological polar surface area (TPSA) is 47.7 Å². The van der Waals surface area contributed by atoms with Crippen molar-refractivity contribution in [1.29, 1.82) is 0 Å². The molecule has 2 rings (SSSR count).